The first-order chi connectivity index (χ1) is 11.3. The Morgan fingerprint density at radius 3 is 2.35 bits per heavy atom. The molecule has 1 aromatic carbocycles. The second-order valence-corrected chi connectivity index (χ2v) is 4.94. The van der Waals surface area contributed by atoms with Gasteiger partial charge in [0.15, 0.2) is 0 Å². The van der Waals surface area contributed by atoms with Crippen LogP contribution in [0.2, 0.25) is 0 Å². The molecule has 1 N–H and O–H groups in total. The van der Waals surface area contributed by atoms with Gasteiger partial charge in [-0.25, -0.2) is 4.98 Å². The van der Waals surface area contributed by atoms with Crippen molar-refractivity contribution in [3.8, 4) is 11.3 Å². The summed E-state index contributed by atoms with van der Waals surface area (Å²) in [5.41, 5.74) is 6.59. The van der Waals surface area contributed by atoms with Crippen molar-refractivity contribution in [3.05, 3.63) is 47.4 Å². The molecule has 0 saturated heterocycles. The number of aromatic nitrogens is 2. The predicted octanol–water partition coefficient (Wildman–Crippen LogP) is 7.06. The lowest BCUT2D eigenvalue weighted by atomic mass is 9.89. The van der Waals surface area contributed by atoms with E-state index in [2.05, 4.69) is 55.0 Å². The van der Waals surface area contributed by atoms with Crippen LogP contribution in [0.5, 0.6) is 0 Å². The molecule has 1 heterocycles. The molecular formula is C21H36N2. The SMILES string of the molecule is CC.CC.CCC.Cc1ccc(-c2cnc[nH]2)c2c1CCC=C2.[HH]. The molecule has 1 aromatic heterocycles. The Morgan fingerprint density at radius 1 is 1.13 bits per heavy atom. The highest BCUT2D eigenvalue weighted by Gasteiger charge is 2.13. The van der Waals surface area contributed by atoms with Crippen molar-refractivity contribution in [2.24, 2.45) is 0 Å². The van der Waals surface area contributed by atoms with Crippen molar-refractivity contribution in [1.82, 2.24) is 9.97 Å². The summed E-state index contributed by atoms with van der Waals surface area (Å²) in [6.45, 7) is 14.4. The van der Waals surface area contributed by atoms with Crippen LogP contribution in [-0.2, 0) is 6.42 Å². The Morgan fingerprint density at radius 2 is 1.78 bits per heavy atom. The number of benzene rings is 1. The lowest BCUT2D eigenvalue weighted by Crippen LogP contribution is -1.99. The highest BCUT2D eigenvalue weighted by molar-refractivity contribution is 5.76. The number of aryl methyl sites for hydroxylation is 1. The summed E-state index contributed by atoms with van der Waals surface area (Å²) in [5, 5.41) is 0. The lowest BCUT2D eigenvalue weighted by Gasteiger charge is -2.16. The average molecular weight is 317 g/mol. The molecule has 0 aliphatic heterocycles. The number of fused-ring (bicyclic) bond motifs is 1. The highest BCUT2D eigenvalue weighted by atomic mass is 14.9. The molecule has 0 spiro atoms. The number of hydrogen-bond acceptors (Lipinski definition) is 1. The van der Waals surface area contributed by atoms with E-state index in [0.29, 0.717) is 0 Å². The van der Waals surface area contributed by atoms with Gasteiger partial charge in [-0.1, -0.05) is 72.2 Å². The molecule has 23 heavy (non-hydrogen) atoms. The normalized spacial score (nSPS) is 10.9. The molecule has 2 nitrogen and oxygen atoms in total. The maximum absolute atomic E-state index is 4.09. The summed E-state index contributed by atoms with van der Waals surface area (Å²) in [6, 6.07) is 4.38. The summed E-state index contributed by atoms with van der Waals surface area (Å²) >= 11 is 0. The van der Waals surface area contributed by atoms with E-state index in [1.54, 1.807) is 6.33 Å². The fourth-order valence-corrected chi connectivity index (χ4v) is 2.36. The number of hydrogen-bond donors (Lipinski definition) is 1. The summed E-state index contributed by atoms with van der Waals surface area (Å²) in [6.07, 6.45) is 11.7. The predicted molar refractivity (Wildman–Crippen MR) is 107 cm³/mol. The monoisotopic (exact) mass is 316 g/mol. The molecule has 0 radical (unpaired) electrons. The van der Waals surface area contributed by atoms with Crippen LogP contribution in [0.1, 0.15) is 72.5 Å². The largest absolute Gasteiger partial charge is 0.345 e. The summed E-state index contributed by atoms with van der Waals surface area (Å²) in [4.78, 5) is 7.27. The molecular weight excluding hydrogens is 280 g/mol. The minimum atomic E-state index is 0. The van der Waals surface area contributed by atoms with Gasteiger partial charge in [-0.05, 0) is 36.5 Å². The maximum atomic E-state index is 4.09. The van der Waals surface area contributed by atoms with Crippen molar-refractivity contribution < 1.29 is 1.43 Å². The Balaban J connectivity index is 0. The van der Waals surface area contributed by atoms with Crippen LogP contribution in [0.15, 0.2) is 30.7 Å². The Kier molecular flexibility index (Phi) is 11.7. The van der Waals surface area contributed by atoms with Gasteiger partial charge in [-0.15, -0.1) is 0 Å². The highest BCUT2D eigenvalue weighted by Crippen LogP contribution is 2.31. The molecule has 0 saturated carbocycles. The quantitative estimate of drug-likeness (QED) is 0.599. The summed E-state index contributed by atoms with van der Waals surface area (Å²) in [5.74, 6) is 0. The number of H-pyrrole nitrogens is 1. The van der Waals surface area contributed by atoms with Crippen LogP contribution < -0.4 is 0 Å². The Hall–Kier alpha value is -1.83. The zero-order chi connectivity index (χ0) is 17.7. The first-order valence-electron chi connectivity index (χ1n) is 9.05. The second kappa shape index (κ2) is 12.7. The molecule has 0 atom stereocenters. The number of imidazole rings is 1. The maximum Gasteiger partial charge on any atom is 0.0924 e. The number of nitrogens with one attached hydrogen (secondary N) is 1. The molecule has 2 aromatic rings. The molecule has 1 aliphatic rings. The standard InChI is InChI=1S/C14H14N2.C3H8.2C2H6.H2/c1-10-6-7-13(14-8-15-9-16-14)12-5-3-2-4-11(10)12;1-3-2;2*1-2;/h3,5-9H,2,4H2,1H3,(H,15,16);3H2,1-2H3;2*1-2H3;1H. The van der Waals surface area contributed by atoms with Gasteiger partial charge in [0, 0.05) is 6.99 Å². The Bertz CT molecular complexity index is 557. The fraction of sp³-hybridized carbons (Fsp3) is 0.476. The molecule has 0 fully saturated rings. The third kappa shape index (κ3) is 6.05. The van der Waals surface area contributed by atoms with Gasteiger partial charge in [0.25, 0.3) is 0 Å². The third-order valence-electron chi connectivity index (χ3n) is 3.23. The van der Waals surface area contributed by atoms with Crippen LogP contribution >= 0.6 is 0 Å². The Labute approximate surface area is 144 Å². The topological polar surface area (TPSA) is 28.7 Å². The van der Waals surface area contributed by atoms with Crippen molar-refractivity contribution in [2.75, 3.05) is 0 Å². The van der Waals surface area contributed by atoms with Gasteiger partial charge in [0.2, 0.25) is 0 Å². The minimum absolute atomic E-state index is 0. The smallest absolute Gasteiger partial charge is 0.0924 e. The number of aromatic amines is 1. The number of rotatable bonds is 1. The van der Waals surface area contributed by atoms with E-state index in [-0.39, 0.29) is 1.43 Å². The summed E-state index contributed by atoms with van der Waals surface area (Å²) in [7, 11) is 0. The van der Waals surface area contributed by atoms with Crippen LogP contribution in [0.3, 0.4) is 0 Å². The first-order valence-corrected chi connectivity index (χ1v) is 9.05. The van der Waals surface area contributed by atoms with Gasteiger partial charge in [0.05, 0.1) is 18.2 Å². The van der Waals surface area contributed by atoms with Crippen LogP contribution in [0.4, 0.5) is 0 Å². The van der Waals surface area contributed by atoms with Crippen molar-refractivity contribution in [1.29, 1.82) is 0 Å². The van der Waals surface area contributed by atoms with E-state index in [1.807, 2.05) is 33.9 Å². The van der Waals surface area contributed by atoms with Gasteiger partial charge in [-0.2, -0.15) is 0 Å². The van der Waals surface area contributed by atoms with Crippen molar-refractivity contribution >= 4 is 6.08 Å². The van der Waals surface area contributed by atoms with Crippen LogP contribution in [-0.4, -0.2) is 9.97 Å². The molecule has 0 unspecified atom stereocenters. The van der Waals surface area contributed by atoms with E-state index in [9.17, 15) is 0 Å². The minimum Gasteiger partial charge on any atom is -0.345 e. The van der Waals surface area contributed by atoms with Crippen molar-refractivity contribution in [3.63, 3.8) is 0 Å². The van der Waals surface area contributed by atoms with Gasteiger partial charge >= 0.3 is 0 Å². The molecule has 0 amide bonds. The summed E-state index contributed by atoms with van der Waals surface area (Å²) < 4.78 is 0. The van der Waals surface area contributed by atoms with E-state index < -0.39 is 0 Å². The lowest BCUT2D eigenvalue weighted by molar-refractivity contribution is 0.971. The van der Waals surface area contributed by atoms with Gasteiger partial charge in [0.1, 0.15) is 0 Å². The van der Waals surface area contributed by atoms with Crippen LogP contribution in [0.25, 0.3) is 17.3 Å². The fourth-order valence-electron chi connectivity index (χ4n) is 2.36. The van der Waals surface area contributed by atoms with Gasteiger partial charge < -0.3 is 4.98 Å². The van der Waals surface area contributed by atoms with E-state index in [0.717, 1.165) is 18.5 Å². The zero-order valence-corrected chi connectivity index (χ0v) is 16.0. The molecule has 1 aliphatic carbocycles. The number of allylic oxidation sites excluding steroid dienone is 1. The van der Waals surface area contributed by atoms with E-state index in [1.165, 1.54) is 28.7 Å². The zero-order valence-electron chi connectivity index (χ0n) is 16.0. The van der Waals surface area contributed by atoms with Crippen LogP contribution in [0, 0.1) is 6.92 Å². The molecule has 0 bridgehead atoms. The molecule has 3 rings (SSSR count). The van der Waals surface area contributed by atoms with Crippen molar-refractivity contribution in [2.45, 2.75) is 67.7 Å². The first kappa shape index (κ1) is 21.2. The van der Waals surface area contributed by atoms with Gasteiger partial charge in [-0.3, -0.25) is 0 Å². The van der Waals surface area contributed by atoms with E-state index in [4.69, 9.17) is 0 Å². The van der Waals surface area contributed by atoms with E-state index >= 15 is 0 Å². The molecule has 130 valence electrons. The average Bonchev–Trinajstić information content (AvgIpc) is 3.14. The number of nitrogens with zero attached hydrogens (tertiary/aromatic N) is 1. The second-order valence-electron chi connectivity index (χ2n) is 4.94. The molecule has 2 heteroatoms. The third-order valence-corrected chi connectivity index (χ3v) is 3.23.